The second kappa shape index (κ2) is 7.18. The van der Waals surface area contributed by atoms with E-state index in [4.69, 9.17) is 4.74 Å². The molecular weight excluding hydrogens is 386 g/mol. The Kier molecular flexibility index (Phi) is 5.48. The number of esters is 1. The van der Waals surface area contributed by atoms with E-state index in [1.165, 1.54) is 21.1 Å². The van der Waals surface area contributed by atoms with Crippen LogP contribution in [0, 0.1) is 0 Å². The first-order valence-corrected chi connectivity index (χ1v) is 8.18. The minimum Gasteiger partial charge on any atom is -0.496 e. The lowest BCUT2D eigenvalue weighted by atomic mass is 10.2. The highest BCUT2D eigenvalue weighted by atomic mass is 79.9. The largest absolute Gasteiger partial charge is 0.496 e. The SMILES string of the molecule is COC(=O)[C@H](C)N1C(=O)S/C(=C/c2cc(Br)ccc2OC)C1=O. The molecule has 0 radical (unpaired) electrons. The zero-order valence-corrected chi connectivity index (χ0v) is 15.1. The van der Waals surface area contributed by atoms with Gasteiger partial charge < -0.3 is 9.47 Å². The van der Waals surface area contributed by atoms with Crippen molar-refractivity contribution in [1.29, 1.82) is 0 Å². The minimum absolute atomic E-state index is 0.224. The predicted octanol–water partition coefficient (Wildman–Crippen LogP) is 3.06. The molecule has 23 heavy (non-hydrogen) atoms. The molecule has 0 aromatic heterocycles. The van der Waals surface area contributed by atoms with Gasteiger partial charge in [-0.2, -0.15) is 0 Å². The number of hydrogen-bond acceptors (Lipinski definition) is 6. The van der Waals surface area contributed by atoms with Gasteiger partial charge in [0.15, 0.2) is 0 Å². The maximum absolute atomic E-state index is 12.4. The number of thioether (sulfide) groups is 1. The minimum atomic E-state index is -0.970. The molecule has 8 heteroatoms. The van der Waals surface area contributed by atoms with E-state index in [1.807, 2.05) is 0 Å². The molecule has 6 nitrogen and oxygen atoms in total. The Morgan fingerprint density at radius 1 is 1.35 bits per heavy atom. The van der Waals surface area contributed by atoms with Crippen LogP contribution in [-0.2, 0) is 14.3 Å². The Balaban J connectivity index is 2.36. The Bertz CT molecular complexity index is 703. The van der Waals surface area contributed by atoms with Crippen LogP contribution in [0.1, 0.15) is 12.5 Å². The van der Waals surface area contributed by atoms with Crippen LogP contribution >= 0.6 is 27.7 Å². The van der Waals surface area contributed by atoms with E-state index in [-0.39, 0.29) is 4.91 Å². The van der Waals surface area contributed by atoms with Crippen molar-refractivity contribution in [2.75, 3.05) is 14.2 Å². The number of carbonyl (C=O) groups excluding carboxylic acids is 3. The average Bonchev–Trinajstić information content (AvgIpc) is 2.80. The summed E-state index contributed by atoms with van der Waals surface area (Å²) in [7, 11) is 2.73. The zero-order valence-electron chi connectivity index (χ0n) is 12.7. The molecule has 0 N–H and O–H groups in total. The molecule has 0 saturated carbocycles. The summed E-state index contributed by atoms with van der Waals surface area (Å²) < 4.78 is 10.6. The Hall–Kier alpha value is -1.80. The normalized spacial score (nSPS) is 17.6. The van der Waals surface area contributed by atoms with Gasteiger partial charge in [0.2, 0.25) is 0 Å². The summed E-state index contributed by atoms with van der Waals surface area (Å²) in [5.74, 6) is -0.602. The van der Waals surface area contributed by atoms with Gasteiger partial charge >= 0.3 is 5.97 Å². The van der Waals surface area contributed by atoms with Gasteiger partial charge in [-0.05, 0) is 43.0 Å². The van der Waals surface area contributed by atoms with Crippen LogP contribution in [0.25, 0.3) is 6.08 Å². The third-order valence-electron chi connectivity index (χ3n) is 3.23. The quantitative estimate of drug-likeness (QED) is 0.572. The van der Waals surface area contributed by atoms with E-state index in [0.717, 1.165) is 21.1 Å². The number of amides is 2. The van der Waals surface area contributed by atoms with Gasteiger partial charge in [-0.1, -0.05) is 15.9 Å². The summed E-state index contributed by atoms with van der Waals surface area (Å²) in [5, 5.41) is -0.506. The van der Waals surface area contributed by atoms with Crippen molar-refractivity contribution in [1.82, 2.24) is 4.90 Å². The maximum Gasteiger partial charge on any atom is 0.328 e. The smallest absolute Gasteiger partial charge is 0.328 e. The zero-order chi connectivity index (χ0) is 17.1. The van der Waals surface area contributed by atoms with Crippen molar-refractivity contribution in [2.45, 2.75) is 13.0 Å². The van der Waals surface area contributed by atoms with Crippen molar-refractivity contribution < 1.29 is 23.9 Å². The molecule has 1 aromatic rings. The first-order chi connectivity index (χ1) is 10.9. The number of carbonyl (C=O) groups is 3. The van der Waals surface area contributed by atoms with Gasteiger partial charge in [-0.3, -0.25) is 14.5 Å². The van der Waals surface area contributed by atoms with E-state index in [2.05, 4.69) is 20.7 Å². The molecule has 2 rings (SSSR count). The summed E-state index contributed by atoms with van der Waals surface area (Å²) in [6.45, 7) is 1.45. The number of nitrogens with zero attached hydrogens (tertiary/aromatic N) is 1. The molecule has 1 saturated heterocycles. The van der Waals surface area contributed by atoms with Crippen LogP contribution in [0.2, 0.25) is 0 Å². The van der Waals surface area contributed by atoms with E-state index >= 15 is 0 Å². The van der Waals surface area contributed by atoms with Crippen molar-refractivity contribution in [2.24, 2.45) is 0 Å². The van der Waals surface area contributed by atoms with Gasteiger partial charge in [0.1, 0.15) is 11.8 Å². The lowest BCUT2D eigenvalue weighted by molar-refractivity contribution is -0.148. The average molecular weight is 400 g/mol. The lowest BCUT2D eigenvalue weighted by Gasteiger charge is -2.18. The van der Waals surface area contributed by atoms with Crippen molar-refractivity contribution in [3.8, 4) is 5.75 Å². The van der Waals surface area contributed by atoms with Crippen LogP contribution in [0.4, 0.5) is 4.79 Å². The molecule has 1 heterocycles. The van der Waals surface area contributed by atoms with Gasteiger partial charge in [-0.25, -0.2) is 4.79 Å². The van der Waals surface area contributed by atoms with E-state index in [1.54, 1.807) is 24.3 Å². The summed E-state index contributed by atoms with van der Waals surface area (Å²) >= 11 is 4.13. The standard InChI is InChI=1S/C15H14BrNO5S/c1-8(14(19)22-3)17-13(18)12(23-15(17)20)7-9-6-10(16)4-5-11(9)21-2/h4-8H,1-3H3/b12-7+/t8-/m0/s1. The van der Waals surface area contributed by atoms with Crippen LogP contribution in [-0.4, -0.2) is 42.3 Å². The molecule has 122 valence electrons. The first kappa shape index (κ1) is 17.6. The van der Waals surface area contributed by atoms with Crippen LogP contribution in [0.5, 0.6) is 5.75 Å². The van der Waals surface area contributed by atoms with E-state index in [9.17, 15) is 14.4 Å². The molecule has 1 atom stereocenters. The number of rotatable bonds is 4. The lowest BCUT2D eigenvalue weighted by Crippen LogP contribution is -2.42. The van der Waals surface area contributed by atoms with Gasteiger partial charge in [0, 0.05) is 10.0 Å². The molecular formula is C15H14BrNO5S. The monoisotopic (exact) mass is 399 g/mol. The van der Waals surface area contributed by atoms with Gasteiger partial charge in [-0.15, -0.1) is 0 Å². The van der Waals surface area contributed by atoms with Crippen LogP contribution in [0.15, 0.2) is 27.6 Å². The molecule has 1 fully saturated rings. The van der Waals surface area contributed by atoms with Crippen LogP contribution in [0.3, 0.4) is 0 Å². The Morgan fingerprint density at radius 2 is 2.04 bits per heavy atom. The highest BCUT2D eigenvalue weighted by Crippen LogP contribution is 2.35. The van der Waals surface area contributed by atoms with Crippen molar-refractivity contribution in [3.63, 3.8) is 0 Å². The molecule has 2 amide bonds. The van der Waals surface area contributed by atoms with Gasteiger partial charge in [0.25, 0.3) is 11.1 Å². The fourth-order valence-electron chi connectivity index (χ4n) is 2.05. The third-order valence-corrected chi connectivity index (χ3v) is 4.61. The summed E-state index contributed by atoms with van der Waals surface area (Å²) in [6.07, 6.45) is 1.57. The predicted molar refractivity (Wildman–Crippen MR) is 90.0 cm³/mol. The molecule has 1 aromatic carbocycles. The topological polar surface area (TPSA) is 72.9 Å². The molecule has 1 aliphatic rings. The molecule has 0 bridgehead atoms. The number of methoxy groups -OCH3 is 2. The highest BCUT2D eigenvalue weighted by molar-refractivity contribution is 9.10. The number of hydrogen-bond donors (Lipinski definition) is 0. The number of benzene rings is 1. The Morgan fingerprint density at radius 3 is 2.65 bits per heavy atom. The second-order valence-corrected chi connectivity index (χ2v) is 6.55. The second-order valence-electron chi connectivity index (χ2n) is 4.64. The number of halogens is 1. The number of imide groups is 1. The van der Waals surface area contributed by atoms with Crippen molar-refractivity contribution in [3.05, 3.63) is 33.1 Å². The fourth-order valence-corrected chi connectivity index (χ4v) is 3.33. The molecule has 0 aliphatic carbocycles. The molecule has 1 aliphatic heterocycles. The third kappa shape index (κ3) is 3.59. The van der Waals surface area contributed by atoms with Crippen molar-refractivity contribution >= 4 is 50.9 Å². The Labute approximate surface area is 145 Å². The summed E-state index contributed by atoms with van der Waals surface area (Å²) in [6, 6.07) is 4.36. The summed E-state index contributed by atoms with van der Waals surface area (Å²) in [5.41, 5.74) is 0.651. The van der Waals surface area contributed by atoms with Gasteiger partial charge in [0.05, 0.1) is 19.1 Å². The highest BCUT2D eigenvalue weighted by Gasteiger charge is 2.41. The number of ether oxygens (including phenoxy) is 2. The van der Waals surface area contributed by atoms with E-state index < -0.39 is 23.2 Å². The summed E-state index contributed by atoms with van der Waals surface area (Å²) in [4.78, 5) is 37.2. The molecule has 0 unspecified atom stereocenters. The fraction of sp³-hybridized carbons (Fsp3) is 0.267. The first-order valence-electron chi connectivity index (χ1n) is 6.57. The van der Waals surface area contributed by atoms with E-state index in [0.29, 0.717) is 11.3 Å². The molecule has 0 spiro atoms. The maximum atomic E-state index is 12.4. The van der Waals surface area contributed by atoms with Crippen LogP contribution < -0.4 is 4.74 Å².